The Kier molecular flexibility index (Phi) is 5.50. The molecule has 3 nitrogen and oxygen atoms in total. The molecule has 1 aliphatic heterocycles. The van der Waals surface area contributed by atoms with E-state index in [1.165, 1.54) is 42.5 Å². The molecule has 3 heteroatoms. The van der Waals surface area contributed by atoms with Crippen LogP contribution in [0.1, 0.15) is 64.4 Å². The molecule has 1 heterocycles. The molecule has 0 aromatic heterocycles. The Morgan fingerprint density at radius 1 is 1.06 bits per heavy atom. The maximum absolute atomic E-state index is 10.3. The van der Waals surface area contributed by atoms with Gasteiger partial charge in [-0.1, -0.05) is 44.2 Å². The van der Waals surface area contributed by atoms with Crippen LogP contribution in [0.15, 0.2) is 36.4 Å². The van der Waals surface area contributed by atoms with Gasteiger partial charge in [0.1, 0.15) is 0 Å². The summed E-state index contributed by atoms with van der Waals surface area (Å²) in [6.45, 7) is 11.9. The number of nitrogens with zero attached hydrogens (tertiary/aromatic N) is 1. The van der Waals surface area contributed by atoms with Crippen LogP contribution in [0.25, 0.3) is 0 Å². The minimum Gasteiger partial charge on any atom is -0.396 e. The summed E-state index contributed by atoms with van der Waals surface area (Å²) in [7, 11) is 0. The molecule has 3 saturated carbocycles. The topological polar surface area (TPSA) is 43.7 Å². The summed E-state index contributed by atoms with van der Waals surface area (Å²) >= 11 is 0. The van der Waals surface area contributed by atoms with Gasteiger partial charge in [-0.25, -0.2) is 0 Å². The maximum Gasteiger partial charge on any atom is 0.0544 e. The zero-order valence-corrected chi connectivity index (χ0v) is 19.5. The number of fused-ring (bicyclic) bond motifs is 2. The fourth-order valence-electron chi connectivity index (χ4n) is 8.29. The van der Waals surface area contributed by atoms with Gasteiger partial charge in [0.2, 0.25) is 0 Å². The highest BCUT2D eigenvalue weighted by molar-refractivity contribution is 5.57. The summed E-state index contributed by atoms with van der Waals surface area (Å²) in [5.41, 5.74) is 4.80. The standard InChI is InChI=1S/C28H41NO2/c1-19-8-9-24-23(17-29-15-12-20-6-4-5-7-26(20)29)25(11-14-27(19,24)2)28(3)13-10-22(31)16-21(28)18-30/h4-7,21-25,30-31H,1,8-18H2,2-3H3. The first kappa shape index (κ1) is 21.5. The van der Waals surface area contributed by atoms with E-state index in [2.05, 4.69) is 49.6 Å². The molecule has 2 N–H and O–H groups in total. The molecule has 0 saturated heterocycles. The molecule has 4 aliphatic rings. The fraction of sp³-hybridized carbons (Fsp3) is 0.714. The van der Waals surface area contributed by atoms with E-state index in [1.54, 1.807) is 0 Å². The van der Waals surface area contributed by atoms with Crippen molar-refractivity contribution < 1.29 is 10.2 Å². The molecule has 1 aromatic rings. The van der Waals surface area contributed by atoms with Gasteiger partial charge < -0.3 is 15.1 Å². The van der Waals surface area contributed by atoms with Crippen molar-refractivity contribution in [3.8, 4) is 0 Å². The van der Waals surface area contributed by atoms with Gasteiger partial charge in [0, 0.05) is 25.4 Å². The smallest absolute Gasteiger partial charge is 0.0544 e. The Labute approximate surface area is 188 Å². The minimum atomic E-state index is -0.241. The third-order valence-electron chi connectivity index (χ3n) is 10.4. The highest BCUT2D eigenvalue weighted by Crippen LogP contribution is 2.63. The molecule has 7 atom stereocenters. The van der Waals surface area contributed by atoms with E-state index in [0.717, 1.165) is 38.8 Å². The molecule has 1 aromatic carbocycles. The molecular formula is C28H41NO2. The third-order valence-corrected chi connectivity index (χ3v) is 10.4. The van der Waals surface area contributed by atoms with Crippen molar-refractivity contribution in [3.05, 3.63) is 42.0 Å². The first-order valence-corrected chi connectivity index (χ1v) is 12.7. The van der Waals surface area contributed by atoms with Gasteiger partial charge in [-0.2, -0.15) is 0 Å². The summed E-state index contributed by atoms with van der Waals surface area (Å²) in [4.78, 5) is 2.66. The Hall–Kier alpha value is -1.32. The second-order valence-electron chi connectivity index (χ2n) is 11.6. The number of hydrogen-bond donors (Lipinski definition) is 2. The van der Waals surface area contributed by atoms with Gasteiger partial charge in [-0.3, -0.25) is 0 Å². The maximum atomic E-state index is 10.3. The van der Waals surface area contributed by atoms with Gasteiger partial charge in [0.05, 0.1) is 6.10 Å². The molecule has 31 heavy (non-hydrogen) atoms. The van der Waals surface area contributed by atoms with Crippen molar-refractivity contribution in [1.29, 1.82) is 0 Å². The predicted molar refractivity (Wildman–Crippen MR) is 127 cm³/mol. The summed E-state index contributed by atoms with van der Waals surface area (Å²) < 4.78 is 0. The number of aliphatic hydroxyl groups excluding tert-OH is 2. The summed E-state index contributed by atoms with van der Waals surface area (Å²) in [5, 5.41) is 20.7. The number of rotatable bonds is 4. The number of aliphatic hydroxyl groups is 2. The van der Waals surface area contributed by atoms with Crippen molar-refractivity contribution in [2.75, 3.05) is 24.6 Å². The van der Waals surface area contributed by atoms with Crippen molar-refractivity contribution in [3.63, 3.8) is 0 Å². The van der Waals surface area contributed by atoms with Crippen LogP contribution < -0.4 is 4.90 Å². The van der Waals surface area contributed by atoms with Gasteiger partial charge in [0.15, 0.2) is 0 Å². The molecule has 0 bridgehead atoms. The monoisotopic (exact) mass is 423 g/mol. The van der Waals surface area contributed by atoms with Gasteiger partial charge >= 0.3 is 0 Å². The highest BCUT2D eigenvalue weighted by Gasteiger charge is 2.57. The summed E-state index contributed by atoms with van der Waals surface area (Å²) in [6, 6.07) is 8.95. The van der Waals surface area contributed by atoms with Gasteiger partial charge in [-0.15, -0.1) is 0 Å². The van der Waals surface area contributed by atoms with E-state index in [1.807, 2.05) is 0 Å². The van der Waals surface area contributed by atoms with Crippen molar-refractivity contribution in [2.45, 2.75) is 71.3 Å². The van der Waals surface area contributed by atoms with E-state index >= 15 is 0 Å². The quantitative estimate of drug-likeness (QED) is 0.654. The summed E-state index contributed by atoms with van der Waals surface area (Å²) in [5.74, 6) is 2.13. The second-order valence-corrected chi connectivity index (χ2v) is 11.6. The molecular weight excluding hydrogens is 382 g/mol. The van der Waals surface area contributed by atoms with Crippen molar-refractivity contribution >= 4 is 5.69 Å². The lowest BCUT2D eigenvalue weighted by Crippen LogP contribution is -2.53. The number of anilines is 1. The highest BCUT2D eigenvalue weighted by atomic mass is 16.3. The van der Waals surface area contributed by atoms with E-state index in [0.29, 0.717) is 17.8 Å². The number of para-hydroxylation sites is 1. The lowest BCUT2D eigenvalue weighted by atomic mass is 9.49. The Balaban J connectivity index is 1.49. The lowest BCUT2D eigenvalue weighted by Gasteiger charge is -2.57. The second kappa shape index (κ2) is 7.92. The van der Waals surface area contributed by atoms with Crippen LogP contribution >= 0.6 is 0 Å². The van der Waals surface area contributed by atoms with E-state index < -0.39 is 0 Å². The molecule has 170 valence electrons. The molecule has 0 amide bonds. The predicted octanol–water partition coefficient (Wildman–Crippen LogP) is 5.21. The number of benzene rings is 1. The Morgan fingerprint density at radius 2 is 1.87 bits per heavy atom. The zero-order valence-electron chi connectivity index (χ0n) is 19.5. The molecule has 3 fully saturated rings. The van der Waals surface area contributed by atoms with Gasteiger partial charge in [0.25, 0.3) is 0 Å². The molecule has 0 radical (unpaired) electrons. The Bertz CT molecular complexity index is 836. The van der Waals surface area contributed by atoms with Crippen molar-refractivity contribution in [2.24, 2.45) is 34.5 Å². The minimum absolute atomic E-state index is 0.114. The van der Waals surface area contributed by atoms with Crippen LogP contribution in [0.5, 0.6) is 0 Å². The zero-order chi connectivity index (χ0) is 21.8. The van der Waals surface area contributed by atoms with Crippen LogP contribution in [-0.4, -0.2) is 36.0 Å². The van der Waals surface area contributed by atoms with Crippen LogP contribution in [0.3, 0.4) is 0 Å². The molecule has 3 aliphatic carbocycles. The molecule has 0 spiro atoms. The molecule has 7 unspecified atom stereocenters. The molecule has 5 rings (SSSR count). The number of hydrogen-bond acceptors (Lipinski definition) is 3. The number of allylic oxidation sites excluding steroid dienone is 1. The first-order valence-electron chi connectivity index (χ1n) is 12.7. The third kappa shape index (κ3) is 3.38. The normalized spacial score (nSPS) is 42.5. The largest absolute Gasteiger partial charge is 0.396 e. The van der Waals surface area contributed by atoms with Crippen molar-refractivity contribution in [1.82, 2.24) is 0 Å². The lowest BCUT2D eigenvalue weighted by molar-refractivity contribution is -0.0919. The van der Waals surface area contributed by atoms with E-state index in [9.17, 15) is 10.2 Å². The van der Waals surface area contributed by atoms with E-state index in [-0.39, 0.29) is 29.5 Å². The van der Waals surface area contributed by atoms with E-state index in [4.69, 9.17) is 0 Å². The average Bonchev–Trinajstić information content (AvgIpc) is 3.31. The van der Waals surface area contributed by atoms with Gasteiger partial charge in [-0.05, 0) is 97.5 Å². The first-order chi connectivity index (χ1) is 14.9. The Morgan fingerprint density at radius 3 is 2.68 bits per heavy atom. The fourth-order valence-corrected chi connectivity index (χ4v) is 8.29. The van der Waals surface area contributed by atoms with Crippen LogP contribution in [-0.2, 0) is 6.42 Å². The SMILES string of the molecule is C=C1CCC2C(CN3CCc4ccccc43)C(C3(C)CCC(O)CC3CO)CCC12C. The summed E-state index contributed by atoms with van der Waals surface area (Å²) in [6.07, 6.45) is 8.53. The van der Waals surface area contributed by atoms with Crippen LogP contribution in [0.2, 0.25) is 0 Å². The van der Waals surface area contributed by atoms with Crippen LogP contribution in [0.4, 0.5) is 5.69 Å². The average molecular weight is 424 g/mol. The van der Waals surface area contributed by atoms with Crippen LogP contribution in [0, 0.1) is 34.5 Å².